The Balaban J connectivity index is 1.82. The van der Waals surface area contributed by atoms with Crippen molar-refractivity contribution in [2.75, 3.05) is 0 Å². The number of rotatable bonds is 4. The van der Waals surface area contributed by atoms with Gasteiger partial charge in [-0.25, -0.2) is 0 Å². The molecule has 104 valence electrons. The van der Waals surface area contributed by atoms with E-state index in [1.807, 2.05) is 31.2 Å². The van der Waals surface area contributed by atoms with Crippen LogP contribution < -0.4 is 0 Å². The maximum atomic E-state index is 5.97. The van der Waals surface area contributed by atoms with E-state index in [0.29, 0.717) is 17.4 Å². The molecule has 0 spiro atoms. The summed E-state index contributed by atoms with van der Waals surface area (Å²) in [6.07, 6.45) is 0. The van der Waals surface area contributed by atoms with Crippen LogP contribution >= 0.6 is 23.2 Å². The topological polar surface area (TPSA) is 56.7 Å². The highest BCUT2D eigenvalue weighted by atomic mass is 35.5. The summed E-state index contributed by atoms with van der Waals surface area (Å²) in [7, 11) is 0. The maximum Gasteiger partial charge on any atom is 0.189 e. The van der Waals surface area contributed by atoms with Crippen molar-refractivity contribution in [3.63, 3.8) is 0 Å². The van der Waals surface area contributed by atoms with E-state index in [2.05, 4.69) is 15.4 Å². The fraction of sp³-hybridized carbons (Fsp3) is 0.308. The molecule has 0 aliphatic rings. The molecule has 2 aromatic heterocycles. The molecule has 0 N–H and O–H groups in total. The SMILES string of the molecule is C[C@@H](Cn1nnc(CCl)n1)c1cc2cc(Cl)ccc2o1. The van der Waals surface area contributed by atoms with Crippen LogP contribution in [-0.2, 0) is 12.4 Å². The number of furan rings is 1. The van der Waals surface area contributed by atoms with Gasteiger partial charge in [-0.15, -0.1) is 21.8 Å². The lowest BCUT2D eigenvalue weighted by atomic mass is 10.1. The Morgan fingerprint density at radius 3 is 2.95 bits per heavy atom. The number of hydrogen-bond donors (Lipinski definition) is 0. The summed E-state index contributed by atoms with van der Waals surface area (Å²) in [5.41, 5.74) is 0.823. The van der Waals surface area contributed by atoms with Crippen LogP contribution in [0.1, 0.15) is 24.4 Å². The Morgan fingerprint density at radius 1 is 1.35 bits per heavy atom. The average molecular weight is 311 g/mol. The molecule has 1 atom stereocenters. The summed E-state index contributed by atoms with van der Waals surface area (Å²) in [5.74, 6) is 1.78. The molecule has 0 saturated heterocycles. The molecule has 5 nitrogen and oxygen atoms in total. The minimum absolute atomic E-state index is 0.124. The Labute approximate surface area is 125 Å². The Hall–Kier alpha value is -1.59. The van der Waals surface area contributed by atoms with Gasteiger partial charge in [-0.3, -0.25) is 0 Å². The molecule has 7 heteroatoms. The molecule has 0 aliphatic heterocycles. The summed E-state index contributed by atoms with van der Waals surface area (Å²) in [4.78, 5) is 1.53. The fourth-order valence-electron chi connectivity index (χ4n) is 2.02. The number of alkyl halides is 1. The fourth-order valence-corrected chi connectivity index (χ4v) is 2.31. The molecule has 2 heterocycles. The highest BCUT2D eigenvalue weighted by Gasteiger charge is 2.14. The third kappa shape index (κ3) is 2.64. The standard InChI is InChI=1S/C13H12Cl2N4O/c1-8(7-19-17-13(6-14)16-18-19)12-5-9-4-10(15)2-3-11(9)20-12/h2-5,8H,6-7H2,1H3/t8-/m0/s1. The minimum atomic E-state index is 0.124. The summed E-state index contributed by atoms with van der Waals surface area (Å²) >= 11 is 11.6. The second-order valence-electron chi connectivity index (χ2n) is 4.63. The maximum absolute atomic E-state index is 5.97. The molecule has 0 unspecified atom stereocenters. The van der Waals surface area contributed by atoms with Crippen LogP contribution in [0.4, 0.5) is 0 Å². The predicted octanol–water partition coefficient (Wildman–Crippen LogP) is 3.62. The van der Waals surface area contributed by atoms with Crippen molar-refractivity contribution in [1.29, 1.82) is 0 Å². The largest absolute Gasteiger partial charge is 0.461 e. The zero-order valence-electron chi connectivity index (χ0n) is 10.8. The van der Waals surface area contributed by atoms with Crippen molar-refractivity contribution in [3.05, 3.63) is 40.9 Å². The molecule has 1 aromatic carbocycles. The lowest BCUT2D eigenvalue weighted by Crippen LogP contribution is -2.09. The Kier molecular flexibility index (Phi) is 3.63. The quantitative estimate of drug-likeness (QED) is 0.691. The zero-order valence-corrected chi connectivity index (χ0v) is 12.3. The molecule has 0 amide bonds. The molecule has 0 saturated carbocycles. The first-order valence-corrected chi connectivity index (χ1v) is 7.08. The summed E-state index contributed by atoms with van der Waals surface area (Å²) < 4.78 is 5.82. The van der Waals surface area contributed by atoms with Crippen LogP contribution in [0.3, 0.4) is 0 Å². The van der Waals surface area contributed by atoms with Gasteiger partial charge < -0.3 is 4.42 Å². The number of tetrazole rings is 1. The summed E-state index contributed by atoms with van der Waals surface area (Å²) in [6, 6.07) is 7.56. The number of benzene rings is 1. The van der Waals surface area contributed by atoms with E-state index in [0.717, 1.165) is 16.7 Å². The number of fused-ring (bicyclic) bond motifs is 1. The van der Waals surface area contributed by atoms with Gasteiger partial charge in [-0.05, 0) is 29.5 Å². The van der Waals surface area contributed by atoms with Crippen molar-refractivity contribution in [2.24, 2.45) is 0 Å². The van der Waals surface area contributed by atoms with E-state index < -0.39 is 0 Å². The smallest absolute Gasteiger partial charge is 0.189 e. The molecule has 0 aliphatic carbocycles. The van der Waals surface area contributed by atoms with Gasteiger partial charge in [0.2, 0.25) is 0 Å². The van der Waals surface area contributed by atoms with Crippen molar-refractivity contribution in [3.8, 4) is 0 Å². The first kappa shape index (κ1) is 13.4. The van der Waals surface area contributed by atoms with Gasteiger partial charge in [-0.2, -0.15) is 4.80 Å². The van der Waals surface area contributed by atoms with Crippen LogP contribution in [-0.4, -0.2) is 20.2 Å². The number of aromatic nitrogens is 4. The van der Waals surface area contributed by atoms with E-state index in [-0.39, 0.29) is 11.8 Å². The third-order valence-electron chi connectivity index (χ3n) is 3.03. The molecule has 0 bridgehead atoms. The van der Waals surface area contributed by atoms with Crippen LogP contribution in [0.15, 0.2) is 28.7 Å². The zero-order chi connectivity index (χ0) is 14.1. The van der Waals surface area contributed by atoms with E-state index in [9.17, 15) is 0 Å². The molecular weight excluding hydrogens is 299 g/mol. The van der Waals surface area contributed by atoms with Gasteiger partial charge in [0.05, 0.1) is 12.4 Å². The predicted molar refractivity (Wildman–Crippen MR) is 77.0 cm³/mol. The van der Waals surface area contributed by atoms with Crippen molar-refractivity contribution in [1.82, 2.24) is 20.2 Å². The molecular formula is C13H12Cl2N4O. The number of halogens is 2. The average Bonchev–Trinajstić information content (AvgIpc) is 3.04. The van der Waals surface area contributed by atoms with Crippen molar-refractivity contribution < 1.29 is 4.42 Å². The van der Waals surface area contributed by atoms with E-state index in [1.54, 1.807) is 0 Å². The normalized spacial score (nSPS) is 12.9. The second kappa shape index (κ2) is 5.42. The van der Waals surface area contributed by atoms with E-state index in [1.165, 1.54) is 4.80 Å². The van der Waals surface area contributed by atoms with Crippen LogP contribution in [0.25, 0.3) is 11.0 Å². The first-order chi connectivity index (χ1) is 9.65. The van der Waals surface area contributed by atoms with Gasteiger partial charge in [-0.1, -0.05) is 18.5 Å². The van der Waals surface area contributed by atoms with E-state index >= 15 is 0 Å². The molecule has 3 rings (SSSR count). The van der Waals surface area contributed by atoms with Gasteiger partial charge in [0, 0.05) is 16.3 Å². The second-order valence-corrected chi connectivity index (χ2v) is 5.33. The highest BCUT2D eigenvalue weighted by molar-refractivity contribution is 6.31. The summed E-state index contributed by atoms with van der Waals surface area (Å²) in [6.45, 7) is 2.63. The van der Waals surface area contributed by atoms with Crippen LogP contribution in [0.5, 0.6) is 0 Å². The van der Waals surface area contributed by atoms with Crippen molar-refractivity contribution in [2.45, 2.75) is 25.3 Å². The molecule has 0 fully saturated rings. The van der Waals surface area contributed by atoms with Gasteiger partial charge >= 0.3 is 0 Å². The molecule has 20 heavy (non-hydrogen) atoms. The first-order valence-electron chi connectivity index (χ1n) is 6.17. The third-order valence-corrected chi connectivity index (χ3v) is 3.51. The Morgan fingerprint density at radius 2 is 2.20 bits per heavy atom. The Bertz CT molecular complexity index is 737. The highest BCUT2D eigenvalue weighted by Crippen LogP contribution is 2.27. The monoisotopic (exact) mass is 310 g/mol. The lowest BCUT2D eigenvalue weighted by Gasteiger charge is -2.05. The minimum Gasteiger partial charge on any atom is -0.461 e. The molecule has 3 aromatic rings. The van der Waals surface area contributed by atoms with Gasteiger partial charge in [0.1, 0.15) is 11.3 Å². The number of nitrogens with zero attached hydrogens (tertiary/aromatic N) is 4. The van der Waals surface area contributed by atoms with Crippen molar-refractivity contribution >= 4 is 34.2 Å². The molecule has 0 radical (unpaired) electrons. The van der Waals surface area contributed by atoms with Gasteiger partial charge in [0.15, 0.2) is 5.82 Å². The van der Waals surface area contributed by atoms with Gasteiger partial charge in [0.25, 0.3) is 0 Å². The van der Waals surface area contributed by atoms with Crippen LogP contribution in [0.2, 0.25) is 5.02 Å². The van der Waals surface area contributed by atoms with Crippen LogP contribution in [0, 0.1) is 0 Å². The number of hydrogen-bond acceptors (Lipinski definition) is 4. The van der Waals surface area contributed by atoms with E-state index in [4.69, 9.17) is 27.6 Å². The lowest BCUT2D eigenvalue weighted by molar-refractivity contribution is 0.418. The summed E-state index contributed by atoms with van der Waals surface area (Å²) in [5, 5.41) is 13.6.